The van der Waals surface area contributed by atoms with E-state index in [1.165, 1.54) is 17.5 Å². The van der Waals surface area contributed by atoms with Gasteiger partial charge in [-0.2, -0.15) is 0 Å². The molecule has 0 aliphatic rings. The summed E-state index contributed by atoms with van der Waals surface area (Å²) in [6, 6.07) is 6.26. The Balaban J connectivity index is 2.70. The summed E-state index contributed by atoms with van der Waals surface area (Å²) in [5.41, 5.74) is 3.54. The molecular formula is C12H17B. The first-order valence-electron chi connectivity index (χ1n) is 4.94. The lowest BCUT2D eigenvalue weighted by molar-refractivity contribution is 0.587. The van der Waals surface area contributed by atoms with Gasteiger partial charge in [-0.25, -0.2) is 0 Å². The van der Waals surface area contributed by atoms with Gasteiger partial charge in [0, 0.05) is 0 Å². The molecule has 0 aromatic heterocycles. The van der Waals surface area contributed by atoms with Gasteiger partial charge in [-0.05, 0) is 25.7 Å². The van der Waals surface area contributed by atoms with Crippen LogP contribution in [0.25, 0.3) is 0 Å². The number of rotatable bonds is 3. The fraction of sp³-hybridized carbons (Fsp3) is 0.500. The quantitative estimate of drug-likeness (QED) is 0.614. The van der Waals surface area contributed by atoms with E-state index in [1.54, 1.807) is 0 Å². The summed E-state index contributed by atoms with van der Waals surface area (Å²) in [5, 5.41) is 0. The van der Waals surface area contributed by atoms with Crippen LogP contribution >= 0.6 is 0 Å². The molecule has 0 spiro atoms. The third-order valence-electron chi connectivity index (χ3n) is 2.29. The van der Waals surface area contributed by atoms with Crippen LogP contribution in [-0.4, -0.2) is 7.85 Å². The van der Waals surface area contributed by atoms with E-state index in [0.29, 0.717) is 0 Å². The second-order valence-corrected chi connectivity index (χ2v) is 4.13. The van der Waals surface area contributed by atoms with E-state index in [1.807, 2.05) is 6.07 Å². The summed E-state index contributed by atoms with van der Waals surface area (Å²) >= 11 is 0. The molecule has 13 heavy (non-hydrogen) atoms. The highest BCUT2D eigenvalue weighted by molar-refractivity contribution is 6.33. The summed E-state index contributed by atoms with van der Waals surface area (Å²) in [5.74, 6) is 0.750. The molecule has 2 radical (unpaired) electrons. The third kappa shape index (κ3) is 3.26. The highest BCUT2D eigenvalue weighted by Crippen LogP contribution is 2.08. The topological polar surface area (TPSA) is 0 Å². The summed E-state index contributed by atoms with van der Waals surface area (Å²) in [6.07, 6.45) is 2.32. The van der Waals surface area contributed by atoms with Crippen molar-refractivity contribution in [3.05, 3.63) is 29.3 Å². The zero-order valence-electron chi connectivity index (χ0n) is 8.80. The van der Waals surface area contributed by atoms with Crippen molar-refractivity contribution in [1.82, 2.24) is 0 Å². The first-order chi connectivity index (χ1) is 6.09. The smallest absolute Gasteiger partial charge is 0.0935 e. The molecule has 1 rings (SSSR count). The van der Waals surface area contributed by atoms with Crippen molar-refractivity contribution < 1.29 is 0 Å². The van der Waals surface area contributed by atoms with E-state index in [2.05, 4.69) is 32.9 Å². The van der Waals surface area contributed by atoms with Crippen molar-refractivity contribution >= 4 is 13.3 Å². The summed E-state index contributed by atoms with van der Waals surface area (Å²) in [4.78, 5) is 0. The molecule has 68 valence electrons. The van der Waals surface area contributed by atoms with Crippen LogP contribution in [0.5, 0.6) is 0 Å². The van der Waals surface area contributed by atoms with Crippen molar-refractivity contribution in [2.45, 2.75) is 33.6 Å². The second kappa shape index (κ2) is 4.50. The molecule has 1 heteroatoms. The number of hydrogen-bond acceptors (Lipinski definition) is 0. The maximum atomic E-state index is 5.88. The van der Waals surface area contributed by atoms with E-state index in [4.69, 9.17) is 7.85 Å². The second-order valence-electron chi connectivity index (χ2n) is 4.13. The van der Waals surface area contributed by atoms with Crippen LogP contribution in [0.3, 0.4) is 0 Å². The van der Waals surface area contributed by atoms with Gasteiger partial charge in [-0.3, -0.25) is 0 Å². The molecule has 0 unspecified atom stereocenters. The molecule has 0 nitrogen and oxygen atoms in total. The minimum Gasteiger partial charge on any atom is -0.0935 e. The lowest BCUT2D eigenvalue weighted by atomic mass is 9.86. The highest BCUT2D eigenvalue weighted by atomic mass is 14.0. The van der Waals surface area contributed by atoms with Crippen LogP contribution in [0, 0.1) is 12.8 Å². The Morgan fingerprint density at radius 2 is 2.00 bits per heavy atom. The van der Waals surface area contributed by atoms with Gasteiger partial charge >= 0.3 is 0 Å². The molecule has 0 amide bonds. The van der Waals surface area contributed by atoms with Crippen molar-refractivity contribution in [3.8, 4) is 0 Å². The van der Waals surface area contributed by atoms with E-state index in [9.17, 15) is 0 Å². The van der Waals surface area contributed by atoms with Crippen LogP contribution in [0.2, 0.25) is 0 Å². The van der Waals surface area contributed by atoms with Crippen molar-refractivity contribution in [1.29, 1.82) is 0 Å². The van der Waals surface area contributed by atoms with Crippen LogP contribution in [0.1, 0.15) is 31.4 Å². The lowest BCUT2D eigenvalue weighted by Gasteiger charge is -2.09. The standard InChI is InChI=1S/C12H17B/c1-9(2)4-6-11-8-10(3)5-7-12(11)13/h5,7-9H,4,6H2,1-3H3. The van der Waals surface area contributed by atoms with E-state index < -0.39 is 0 Å². The molecule has 0 N–H and O–H groups in total. The number of aryl methyl sites for hydroxylation is 2. The predicted molar refractivity (Wildman–Crippen MR) is 59.7 cm³/mol. The molecule has 0 aliphatic heterocycles. The summed E-state index contributed by atoms with van der Waals surface area (Å²) in [6.45, 7) is 6.59. The third-order valence-corrected chi connectivity index (χ3v) is 2.29. The maximum Gasteiger partial charge on any atom is 0.114 e. The molecule has 1 aromatic rings. The Morgan fingerprint density at radius 3 is 2.62 bits per heavy atom. The van der Waals surface area contributed by atoms with Crippen molar-refractivity contribution in [2.75, 3.05) is 0 Å². The normalized spacial score (nSPS) is 10.8. The Morgan fingerprint density at radius 1 is 1.31 bits per heavy atom. The van der Waals surface area contributed by atoms with Crippen LogP contribution < -0.4 is 5.46 Å². The highest BCUT2D eigenvalue weighted by Gasteiger charge is 2.00. The molecular weight excluding hydrogens is 155 g/mol. The molecule has 0 atom stereocenters. The molecule has 0 aliphatic carbocycles. The Bertz CT molecular complexity index is 276. The number of benzene rings is 1. The van der Waals surface area contributed by atoms with Crippen LogP contribution in [0.15, 0.2) is 18.2 Å². The van der Waals surface area contributed by atoms with Gasteiger partial charge in [-0.15, -0.1) is 0 Å². The average molecular weight is 172 g/mol. The molecule has 1 aromatic carbocycles. The summed E-state index contributed by atoms with van der Waals surface area (Å²) in [7, 11) is 5.88. The fourth-order valence-electron chi connectivity index (χ4n) is 1.40. The Kier molecular flexibility index (Phi) is 3.59. The predicted octanol–water partition coefficient (Wildman–Crippen LogP) is 2.38. The van der Waals surface area contributed by atoms with Gasteiger partial charge in [-0.1, -0.05) is 48.6 Å². The van der Waals surface area contributed by atoms with Crippen LogP contribution in [-0.2, 0) is 6.42 Å². The van der Waals surface area contributed by atoms with Gasteiger partial charge in [0.05, 0.1) is 0 Å². The summed E-state index contributed by atoms with van der Waals surface area (Å²) < 4.78 is 0. The van der Waals surface area contributed by atoms with Crippen LogP contribution in [0.4, 0.5) is 0 Å². The molecule has 0 bridgehead atoms. The molecule has 0 heterocycles. The molecule has 0 saturated heterocycles. The Labute approximate surface area is 82.8 Å². The SMILES string of the molecule is [B]c1ccc(C)cc1CCC(C)C. The average Bonchev–Trinajstić information content (AvgIpc) is 2.06. The first-order valence-corrected chi connectivity index (χ1v) is 4.94. The minimum absolute atomic E-state index is 0.750. The largest absolute Gasteiger partial charge is 0.114 e. The minimum atomic E-state index is 0.750. The van der Waals surface area contributed by atoms with Gasteiger partial charge < -0.3 is 0 Å². The lowest BCUT2D eigenvalue weighted by Crippen LogP contribution is -2.11. The molecule has 0 saturated carbocycles. The van der Waals surface area contributed by atoms with E-state index in [-0.39, 0.29) is 0 Å². The van der Waals surface area contributed by atoms with E-state index in [0.717, 1.165) is 17.8 Å². The Hall–Kier alpha value is -0.715. The van der Waals surface area contributed by atoms with Gasteiger partial charge in [0.25, 0.3) is 0 Å². The van der Waals surface area contributed by atoms with E-state index >= 15 is 0 Å². The van der Waals surface area contributed by atoms with Gasteiger partial charge in [0.1, 0.15) is 7.85 Å². The van der Waals surface area contributed by atoms with Crippen molar-refractivity contribution in [2.24, 2.45) is 5.92 Å². The monoisotopic (exact) mass is 172 g/mol. The van der Waals surface area contributed by atoms with Gasteiger partial charge in [0.2, 0.25) is 0 Å². The zero-order chi connectivity index (χ0) is 9.84. The van der Waals surface area contributed by atoms with Gasteiger partial charge in [0.15, 0.2) is 0 Å². The maximum absolute atomic E-state index is 5.88. The zero-order valence-corrected chi connectivity index (χ0v) is 8.80. The first kappa shape index (κ1) is 10.4. The fourth-order valence-corrected chi connectivity index (χ4v) is 1.40. The number of hydrogen-bond donors (Lipinski definition) is 0. The van der Waals surface area contributed by atoms with Crippen molar-refractivity contribution in [3.63, 3.8) is 0 Å². The molecule has 0 fully saturated rings.